The molecule has 2 aliphatic rings. The first-order chi connectivity index (χ1) is 14.1. The Balaban J connectivity index is 1.49. The van der Waals surface area contributed by atoms with E-state index in [9.17, 15) is 9.18 Å². The van der Waals surface area contributed by atoms with E-state index in [1.807, 2.05) is 19.1 Å². The number of rotatable bonds is 2. The molecule has 7 heteroatoms. The summed E-state index contributed by atoms with van der Waals surface area (Å²) in [5.74, 6) is 0.296. The molecule has 6 nitrogen and oxygen atoms in total. The van der Waals surface area contributed by atoms with E-state index in [0.29, 0.717) is 24.4 Å². The van der Waals surface area contributed by atoms with E-state index in [1.165, 1.54) is 6.07 Å². The molecule has 1 aromatic carbocycles. The molecule has 1 N–H and O–H groups in total. The van der Waals surface area contributed by atoms with Crippen LogP contribution in [-0.2, 0) is 13.0 Å². The van der Waals surface area contributed by atoms with Crippen molar-refractivity contribution in [2.75, 3.05) is 10.2 Å². The molecule has 4 heterocycles. The zero-order valence-corrected chi connectivity index (χ0v) is 15.9. The predicted molar refractivity (Wildman–Crippen MR) is 107 cm³/mol. The maximum atomic E-state index is 14.2. The molecule has 0 bridgehead atoms. The van der Waals surface area contributed by atoms with Gasteiger partial charge in [0.25, 0.3) is 0 Å². The number of benzene rings is 1. The molecule has 2 aliphatic heterocycles. The molecule has 0 spiro atoms. The van der Waals surface area contributed by atoms with E-state index in [1.54, 1.807) is 35.6 Å². The first kappa shape index (κ1) is 17.6. The van der Waals surface area contributed by atoms with Crippen molar-refractivity contribution in [1.29, 1.82) is 0 Å². The number of anilines is 2. The van der Waals surface area contributed by atoms with Gasteiger partial charge in [-0.3, -0.25) is 14.9 Å². The van der Waals surface area contributed by atoms with Crippen molar-refractivity contribution in [2.45, 2.75) is 32.4 Å². The predicted octanol–water partition coefficient (Wildman–Crippen LogP) is 4.54. The molecular weight excluding hydrogens is 371 g/mol. The van der Waals surface area contributed by atoms with Crippen LogP contribution in [0.3, 0.4) is 0 Å². The van der Waals surface area contributed by atoms with Crippen LogP contribution in [0.25, 0.3) is 0 Å². The molecule has 1 atom stereocenters. The Labute approximate surface area is 167 Å². The molecule has 0 radical (unpaired) electrons. The minimum atomic E-state index is -0.445. The number of ether oxygens (including phenoxy) is 1. The molecule has 29 heavy (non-hydrogen) atoms. The number of pyridine rings is 2. The normalized spacial score (nSPS) is 17.8. The Morgan fingerprint density at radius 2 is 2.14 bits per heavy atom. The summed E-state index contributed by atoms with van der Waals surface area (Å²) in [5, 5.41) is 2.90. The van der Waals surface area contributed by atoms with E-state index in [4.69, 9.17) is 4.74 Å². The zero-order chi connectivity index (χ0) is 20.0. The van der Waals surface area contributed by atoms with Gasteiger partial charge in [0.15, 0.2) is 0 Å². The molecule has 0 saturated carbocycles. The minimum absolute atomic E-state index is 0.199. The third kappa shape index (κ3) is 3.08. The first-order valence-electron chi connectivity index (χ1n) is 9.52. The monoisotopic (exact) mass is 390 g/mol. The number of carbonyl (C=O) groups excluding carboxylic acids is 1. The van der Waals surface area contributed by atoms with E-state index >= 15 is 0 Å². The van der Waals surface area contributed by atoms with E-state index in [2.05, 4.69) is 15.3 Å². The summed E-state index contributed by atoms with van der Waals surface area (Å²) < 4.78 is 20.3. The Kier molecular flexibility index (Phi) is 4.16. The number of hydrogen-bond donors (Lipinski definition) is 1. The van der Waals surface area contributed by atoms with Gasteiger partial charge in [0.05, 0.1) is 17.9 Å². The van der Waals surface area contributed by atoms with Crippen molar-refractivity contribution in [2.24, 2.45) is 0 Å². The van der Waals surface area contributed by atoms with Gasteiger partial charge in [-0.15, -0.1) is 0 Å². The second-order valence-corrected chi connectivity index (χ2v) is 7.31. The number of hydrogen-bond acceptors (Lipinski definition) is 4. The molecular formula is C22H19FN4O2. The summed E-state index contributed by atoms with van der Waals surface area (Å²) in [6.07, 6.45) is 5.95. The molecule has 146 valence electrons. The minimum Gasteiger partial charge on any atom is -0.484 e. The van der Waals surface area contributed by atoms with Crippen LogP contribution < -0.4 is 15.0 Å². The van der Waals surface area contributed by atoms with Gasteiger partial charge in [-0.1, -0.05) is 6.07 Å². The van der Waals surface area contributed by atoms with Crippen LogP contribution in [-0.4, -0.2) is 16.0 Å². The van der Waals surface area contributed by atoms with Gasteiger partial charge >= 0.3 is 6.03 Å². The van der Waals surface area contributed by atoms with Gasteiger partial charge in [0, 0.05) is 30.2 Å². The van der Waals surface area contributed by atoms with Crippen LogP contribution in [0.2, 0.25) is 0 Å². The molecule has 2 amide bonds. The van der Waals surface area contributed by atoms with Crippen molar-refractivity contribution >= 4 is 17.4 Å². The fourth-order valence-corrected chi connectivity index (χ4v) is 3.95. The summed E-state index contributed by atoms with van der Waals surface area (Å²) in [5.41, 5.74) is 4.84. The van der Waals surface area contributed by atoms with Gasteiger partial charge < -0.3 is 10.1 Å². The van der Waals surface area contributed by atoms with Crippen molar-refractivity contribution < 1.29 is 13.9 Å². The highest BCUT2D eigenvalue weighted by molar-refractivity contribution is 6.04. The van der Waals surface area contributed by atoms with Crippen LogP contribution >= 0.6 is 0 Å². The Hall–Kier alpha value is -3.48. The quantitative estimate of drug-likeness (QED) is 0.697. The topological polar surface area (TPSA) is 67.4 Å². The number of carbonyl (C=O) groups is 1. The zero-order valence-electron chi connectivity index (χ0n) is 15.9. The molecule has 5 rings (SSSR count). The second kappa shape index (κ2) is 6.84. The molecule has 0 fully saturated rings. The number of aryl methyl sites for hydroxylation is 2. The molecule has 2 aromatic heterocycles. The van der Waals surface area contributed by atoms with Gasteiger partial charge in [-0.2, -0.15) is 0 Å². The van der Waals surface area contributed by atoms with Crippen molar-refractivity contribution in [1.82, 2.24) is 9.97 Å². The number of fused-ring (bicyclic) bond motifs is 2. The molecule has 0 saturated heterocycles. The lowest BCUT2D eigenvalue weighted by atomic mass is 9.97. The lowest BCUT2D eigenvalue weighted by molar-refractivity contribution is 0.167. The van der Waals surface area contributed by atoms with Gasteiger partial charge in [-0.05, 0) is 49.1 Å². The smallest absolute Gasteiger partial charge is 0.326 e. The summed E-state index contributed by atoms with van der Waals surface area (Å²) in [7, 11) is 0. The van der Waals surface area contributed by atoms with Crippen LogP contribution in [0, 0.1) is 12.7 Å². The number of aromatic nitrogens is 2. The van der Waals surface area contributed by atoms with Gasteiger partial charge in [-0.25, -0.2) is 9.18 Å². The Morgan fingerprint density at radius 1 is 1.24 bits per heavy atom. The average molecular weight is 390 g/mol. The lowest BCUT2D eigenvalue weighted by Crippen LogP contribution is -2.39. The van der Waals surface area contributed by atoms with Crippen molar-refractivity contribution in [3.8, 4) is 5.75 Å². The standard InChI is InChI=1S/C22H19FN4O2/c1-13-9-14-4-5-19(21-16(23)3-2-7-25-21)29-20(14)10-18(13)27-12-15-11-24-8-6-17(15)26-22(27)28/h2-3,6-11,19H,4-5,12H2,1H3,(H,26,28). The lowest BCUT2D eigenvalue weighted by Gasteiger charge is -2.32. The van der Waals surface area contributed by atoms with E-state index in [-0.39, 0.29) is 11.8 Å². The largest absolute Gasteiger partial charge is 0.484 e. The van der Waals surface area contributed by atoms with Crippen molar-refractivity contribution in [3.63, 3.8) is 0 Å². The summed E-state index contributed by atoms with van der Waals surface area (Å²) in [6, 6.07) is 8.47. The number of halogens is 1. The fraction of sp³-hybridized carbons (Fsp3) is 0.227. The summed E-state index contributed by atoms with van der Waals surface area (Å²) >= 11 is 0. The third-order valence-electron chi connectivity index (χ3n) is 5.43. The number of amides is 2. The van der Waals surface area contributed by atoms with Gasteiger partial charge in [0.2, 0.25) is 0 Å². The second-order valence-electron chi connectivity index (χ2n) is 7.31. The Bertz CT molecular complexity index is 1120. The van der Waals surface area contributed by atoms with E-state index < -0.39 is 6.10 Å². The van der Waals surface area contributed by atoms with E-state index in [0.717, 1.165) is 34.5 Å². The maximum Gasteiger partial charge on any atom is 0.326 e. The highest BCUT2D eigenvalue weighted by atomic mass is 19.1. The number of urea groups is 1. The SMILES string of the molecule is Cc1cc2c(cc1N1Cc3cnccc3NC1=O)OC(c1ncccc1F)CC2. The average Bonchev–Trinajstić information content (AvgIpc) is 2.73. The van der Waals surface area contributed by atoms with Crippen LogP contribution in [0.5, 0.6) is 5.75 Å². The third-order valence-corrected chi connectivity index (χ3v) is 5.43. The summed E-state index contributed by atoms with van der Waals surface area (Å²) in [6.45, 7) is 2.40. The Morgan fingerprint density at radius 3 is 3.00 bits per heavy atom. The molecule has 0 aliphatic carbocycles. The van der Waals surface area contributed by atoms with Crippen LogP contribution in [0.15, 0.2) is 48.9 Å². The highest BCUT2D eigenvalue weighted by Crippen LogP contribution is 2.40. The molecule has 1 unspecified atom stereocenters. The fourth-order valence-electron chi connectivity index (χ4n) is 3.95. The summed E-state index contributed by atoms with van der Waals surface area (Å²) in [4.78, 5) is 22.7. The van der Waals surface area contributed by atoms with Crippen molar-refractivity contribution in [3.05, 3.63) is 77.1 Å². The molecule has 3 aromatic rings. The highest BCUT2D eigenvalue weighted by Gasteiger charge is 2.29. The van der Waals surface area contributed by atoms with Gasteiger partial charge in [0.1, 0.15) is 23.4 Å². The first-order valence-corrected chi connectivity index (χ1v) is 9.52. The number of nitrogens with one attached hydrogen (secondary N) is 1. The maximum absolute atomic E-state index is 14.2. The van der Waals surface area contributed by atoms with Crippen LogP contribution in [0.1, 0.15) is 34.9 Å². The number of nitrogens with zero attached hydrogens (tertiary/aromatic N) is 3. The van der Waals surface area contributed by atoms with Crippen LogP contribution in [0.4, 0.5) is 20.6 Å².